The van der Waals surface area contributed by atoms with Crippen molar-refractivity contribution in [3.63, 3.8) is 0 Å². The summed E-state index contributed by atoms with van der Waals surface area (Å²) >= 11 is 1.70. The summed E-state index contributed by atoms with van der Waals surface area (Å²) in [5.41, 5.74) is 1.10. The Morgan fingerprint density at radius 3 is 2.67 bits per heavy atom. The molecule has 2 heterocycles. The van der Waals surface area contributed by atoms with Gasteiger partial charge in [0.2, 0.25) is 0 Å². The molecule has 2 N–H and O–H groups in total. The van der Waals surface area contributed by atoms with E-state index in [1.165, 1.54) is 14.7 Å². The first-order valence-electron chi connectivity index (χ1n) is 7.18. The van der Waals surface area contributed by atoms with Gasteiger partial charge in [-0.2, -0.15) is 0 Å². The molecule has 0 bridgehead atoms. The second-order valence-corrected chi connectivity index (χ2v) is 7.24. The van der Waals surface area contributed by atoms with E-state index in [0.29, 0.717) is 6.54 Å². The zero-order valence-corrected chi connectivity index (χ0v) is 13.7. The maximum absolute atomic E-state index is 12.4. The highest BCUT2D eigenvalue weighted by Crippen LogP contribution is 2.28. The summed E-state index contributed by atoms with van der Waals surface area (Å²) in [4.78, 5) is 27.5. The number of carbonyl (C=O) groups excluding carboxylic acids is 1. The number of rotatable bonds is 3. The van der Waals surface area contributed by atoms with Crippen LogP contribution in [0.2, 0.25) is 0 Å². The highest BCUT2D eigenvalue weighted by atomic mass is 32.1. The van der Waals surface area contributed by atoms with Gasteiger partial charge in [-0.05, 0) is 44.7 Å². The van der Waals surface area contributed by atoms with Crippen LogP contribution in [0, 0.1) is 19.8 Å². The molecule has 0 aromatic carbocycles. The molecule has 5 nitrogen and oxygen atoms in total. The molecule has 1 aromatic rings. The van der Waals surface area contributed by atoms with E-state index in [2.05, 4.69) is 11.4 Å². The molecule has 116 valence electrons. The SMILES string of the molecule is Cc1cc(C(C)NC(=O)N2CCC(C)C2C(=O)O)c(C)s1. The maximum atomic E-state index is 12.4. The zero-order valence-electron chi connectivity index (χ0n) is 12.8. The number of nitrogens with zero attached hydrogens (tertiary/aromatic N) is 1. The average molecular weight is 310 g/mol. The van der Waals surface area contributed by atoms with Crippen LogP contribution in [0.25, 0.3) is 0 Å². The number of urea groups is 1. The van der Waals surface area contributed by atoms with Crippen LogP contribution in [-0.2, 0) is 4.79 Å². The molecule has 1 aliphatic heterocycles. The van der Waals surface area contributed by atoms with Crippen LogP contribution < -0.4 is 5.32 Å². The molecule has 1 aromatic heterocycles. The van der Waals surface area contributed by atoms with E-state index in [-0.39, 0.29) is 18.0 Å². The predicted octanol–water partition coefficient (Wildman–Crippen LogP) is 2.93. The lowest BCUT2D eigenvalue weighted by atomic mass is 10.0. The van der Waals surface area contributed by atoms with Gasteiger partial charge in [-0.3, -0.25) is 0 Å². The van der Waals surface area contributed by atoms with Crippen molar-refractivity contribution in [3.8, 4) is 0 Å². The fourth-order valence-electron chi connectivity index (χ4n) is 2.98. The molecule has 3 unspecified atom stereocenters. The lowest BCUT2D eigenvalue weighted by Crippen LogP contribution is -2.48. The Balaban J connectivity index is 2.07. The van der Waals surface area contributed by atoms with Crippen LogP contribution in [0.3, 0.4) is 0 Å². The summed E-state index contributed by atoms with van der Waals surface area (Å²) in [6, 6.07) is 0.949. The minimum atomic E-state index is -0.926. The molecule has 0 aliphatic carbocycles. The average Bonchev–Trinajstić information content (AvgIpc) is 2.92. The molecular formula is C15H22N2O3S. The summed E-state index contributed by atoms with van der Waals surface area (Å²) < 4.78 is 0. The van der Waals surface area contributed by atoms with Crippen molar-refractivity contribution in [2.75, 3.05) is 6.54 Å². The van der Waals surface area contributed by atoms with Gasteiger partial charge in [-0.15, -0.1) is 11.3 Å². The van der Waals surface area contributed by atoms with E-state index in [1.54, 1.807) is 11.3 Å². The van der Waals surface area contributed by atoms with Gasteiger partial charge in [0.05, 0.1) is 6.04 Å². The molecule has 0 saturated carbocycles. The van der Waals surface area contributed by atoms with Gasteiger partial charge in [-0.25, -0.2) is 9.59 Å². The number of aliphatic carboxylic acids is 1. The molecule has 3 atom stereocenters. The minimum absolute atomic E-state index is 0.00585. The quantitative estimate of drug-likeness (QED) is 0.902. The van der Waals surface area contributed by atoms with Crippen molar-refractivity contribution in [3.05, 3.63) is 21.4 Å². The lowest BCUT2D eigenvalue weighted by Gasteiger charge is -2.25. The molecule has 6 heteroatoms. The van der Waals surface area contributed by atoms with Crippen molar-refractivity contribution in [2.24, 2.45) is 5.92 Å². The molecule has 1 saturated heterocycles. The Morgan fingerprint density at radius 1 is 1.48 bits per heavy atom. The normalized spacial score (nSPS) is 23.1. The fourth-order valence-corrected chi connectivity index (χ4v) is 4.00. The third-order valence-corrected chi connectivity index (χ3v) is 5.08. The standard InChI is InChI=1S/C15H22N2O3S/c1-8-5-6-17(13(8)14(18)19)15(20)16-10(3)12-7-9(2)21-11(12)4/h7-8,10,13H,5-6H2,1-4H3,(H,16,20)(H,18,19). The largest absolute Gasteiger partial charge is 0.480 e. The van der Waals surface area contributed by atoms with Gasteiger partial charge in [0, 0.05) is 16.3 Å². The Bertz CT molecular complexity index is 555. The molecule has 21 heavy (non-hydrogen) atoms. The summed E-state index contributed by atoms with van der Waals surface area (Å²) in [6.07, 6.45) is 0.732. The van der Waals surface area contributed by atoms with E-state index in [9.17, 15) is 14.7 Å². The monoisotopic (exact) mass is 310 g/mol. The first kappa shape index (κ1) is 15.8. The second-order valence-electron chi connectivity index (χ2n) is 5.78. The Labute approximate surface area is 129 Å². The number of carboxylic acid groups (broad SMARTS) is 1. The third kappa shape index (κ3) is 3.20. The fraction of sp³-hybridized carbons (Fsp3) is 0.600. The number of likely N-dealkylation sites (tertiary alicyclic amines) is 1. The summed E-state index contributed by atoms with van der Waals surface area (Å²) in [7, 11) is 0. The molecule has 0 spiro atoms. The van der Waals surface area contributed by atoms with Crippen LogP contribution >= 0.6 is 11.3 Å². The maximum Gasteiger partial charge on any atom is 0.326 e. The highest BCUT2D eigenvalue weighted by Gasteiger charge is 2.39. The Morgan fingerprint density at radius 2 is 2.14 bits per heavy atom. The van der Waals surface area contributed by atoms with Crippen LogP contribution in [0.15, 0.2) is 6.07 Å². The van der Waals surface area contributed by atoms with E-state index >= 15 is 0 Å². The highest BCUT2D eigenvalue weighted by molar-refractivity contribution is 7.12. The van der Waals surface area contributed by atoms with Crippen LogP contribution in [-0.4, -0.2) is 34.6 Å². The summed E-state index contributed by atoms with van der Waals surface area (Å²) in [6.45, 7) is 8.38. The molecule has 1 aliphatic rings. The number of carboxylic acids is 1. The van der Waals surface area contributed by atoms with Gasteiger partial charge in [0.15, 0.2) is 0 Å². The van der Waals surface area contributed by atoms with E-state index in [1.807, 2.05) is 27.7 Å². The smallest absolute Gasteiger partial charge is 0.326 e. The Kier molecular flexibility index (Phi) is 4.56. The number of amides is 2. The second kappa shape index (κ2) is 6.05. The number of thiophene rings is 1. The van der Waals surface area contributed by atoms with E-state index in [4.69, 9.17) is 0 Å². The van der Waals surface area contributed by atoms with Crippen molar-refractivity contribution in [2.45, 2.75) is 46.2 Å². The van der Waals surface area contributed by atoms with Gasteiger partial charge >= 0.3 is 12.0 Å². The van der Waals surface area contributed by atoms with Crippen molar-refractivity contribution in [1.82, 2.24) is 10.2 Å². The molecule has 2 rings (SSSR count). The number of hydrogen-bond acceptors (Lipinski definition) is 3. The number of nitrogens with one attached hydrogen (secondary N) is 1. The minimum Gasteiger partial charge on any atom is -0.480 e. The topological polar surface area (TPSA) is 69.6 Å². The number of hydrogen-bond donors (Lipinski definition) is 2. The Hall–Kier alpha value is -1.56. The molecule has 0 radical (unpaired) electrons. The summed E-state index contributed by atoms with van der Waals surface area (Å²) in [5.74, 6) is -0.931. The number of carbonyl (C=O) groups is 2. The summed E-state index contributed by atoms with van der Waals surface area (Å²) in [5, 5.41) is 12.2. The lowest BCUT2D eigenvalue weighted by molar-refractivity contribution is -0.142. The van der Waals surface area contributed by atoms with E-state index < -0.39 is 12.0 Å². The van der Waals surface area contributed by atoms with E-state index in [0.717, 1.165) is 12.0 Å². The number of aryl methyl sites for hydroxylation is 2. The van der Waals surface area contributed by atoms with Gasteiger partial charge in [0.1, 0.15) is 6.04 Å². The van der Waals surface area contributed by atoms with Crippen molar-refractivity contribution >= 4 is 23.3 Å². The first-order chi connectivity index (χ1) is 9.81. The van der Waals surface area contributed by atoms with Gasteiger partial charge in [-0.1, -0.05) is 6.92 Å². The van der Waals surface area contributed by atoms with Crippen LogP contribution in [0.5, 0.6) is 0 Å². The van der Waals surface area contributed by atoms with Crippen LogP contribution in [0.1, 0.15) is 41.6 Å². The third-order valence-electron chi connectivity index (χ3n) is 4.10. The van der Waals surface area contributed by atoms with Gasteiger partial charge < -0.3 is 15.3 Å². The van der Waals surface area contributed by atoms with Crippen molar-refractivity contribution < 1.29 is 14.7 Å². The zero-order chi connectivity index (χ0) is 15.7. The molecular weight excluding hydrogens is 288 g/mol. The van der Waals surface area contributed by atoms with Gasteiger partial charge in [0.25, 0.3) is 0 Å². The molecule has 2 amide bonds. The van der Waals surface area contributed by atoms with Crippen molar-refractivity contribution in [1.29, 1.82) is 0 Å². The predicted molar refractivity (Wildman–Crippen MR) is 82.7 cm³/mol. The molecule has 1 fully saturated rings. The first-order valence-corrected chi connectivity index (χ1v) is 7.99. The van der Waals surface area contributed by atoms with Crippen LogP contribution in [0.4, 0.5) is 4.79 Å².